The highest BCUT2D eigenvalue weighted by Crippen LogP contribution is 2.24. The molecule has 0 fully saturated rings. The van der Waals surface area contributed by atoms with Gasteiger partial charge in [0.25, 0.3) is 0 Å². The molecule has 108 valence electrons. The number of hydrogen-bond donors (Lipinski definition) is 2. The fraction of sp³-hybridized carbons (Fsp3) is 0.308. The van der Waals surface area contributed by atoms with Crippen molar-refractivity contribution in [2.75, 3.05) is 5.32 Å². The van der Waals surface area contributed by atoms with Gasteiger partial charge in [-0.3, -0.25) is 0 Å². The van der Waals surface area contributed by atoms with Crippen LogP contribution in [0, 0.1) is 0 Å². The molecule has 0 aliphatic carbocycles. The van der Waals surface area contributed by atoms with Crippen LogP contribution in [0.15, 0.2) is 35.4 Å². The van der Waals surface area contributed by atoms with Gasteiger partial charge < -0.3 is 5.32 Å². The van der Waals surface area contributed by atoms with Crippen molar-refractivity contribution >= 4 is 27.0 Å². The number of anilines is 1. The molecule has 1 unspecified atom stereocenters. The van der Waals surface area contributed by atoms with E-state index in [9.17, 15) is 8.42 Å². The van der Waals surface area contributed by atoms with E-state index in [2.05, 4.69) is 17.2 Å². The highest BCUT2D eigenvalue weighted by molar-refractivity contribution is 7.89. The number of primary sulfonamides is 1. The molecule has 20 heavy (non-hydrogen) atoms. The molecule has 2 rings (SSSR count). The van der Waals surface area contributed by atoms with Gasteiger partial charge in [0.15, 0.2) is 0 Å². The van der Waals surface area contributed by atoms with E-state index in [0.29, 0.717) is 0 Å². The van der Waals surface area contributed by atoms with Gasteiger partial charge in [-0.15, -0.1) is 11.3 Å². The summed E-state index contributed by atoms with van der Waals surface area (Å²) < 4.78 is 22.3. The van der Waals surface area contributed by atoms with Gasteiger partial charge in [-0.25, -0.2) is 18.5 Å². The molecular formula is C13H17N3O2S2. The largest absolute Gasteiger partial charge is 0.376 e. The van der Waals surface area contributed by atoms with Crippen LogP contribution in [0.25, 0.3) is 0 Å². The number of hydrogen-bond acceptors (Lipinski definition) is 5. The predicted octanol–water partition coefficient (Wildman–Crippen LogP) is 2.53. The van der Waals surface area contributed by atoms with Crippen LogP contribution in [0.3, 0.4) is 0 Å². The molecule has 0 saturated heterocycles. The molecule has 0 amide bonds. The first-order valence-electron chi connectivity index (χ1n) is 6.24. The molecule has 1 aromatic heterocycles. The molecule has 5 nitrogen and oxygen atoms in total. The van der Waals surface area contributed by atoms with Gasteiger partial charge in [0.05, 0.1) is 10.9 Å². The first-order chi connectivity index (χ1) is 9.40. The van der Waals surface area contributed by atoms with Gasteiger partial charge in [-0.2, -0.15) is 0 Å². The van der Waals surface area contributed by atoms with Crippen molar-refractivity contribution in [1.29, 1.82) is 0 Å². The fourth-order valence-electron chi connectivity index (χ4n) is 1.74. The van der Waals surface area contributed by atoms with E-state index in [1.165, 1.54) is 17.0 Å². The molecule has 1 atom stereocenters. The molecule has 0 aliphatic rings. The highest BCUT2D eigenvalue weighted by atomic mass is 32.2. The smallest absolute Gasteiger partial charge is 0.238 e. The van der Waals surface area contributed by atoms with Crippen LogP contribution in [0.5, 0.6) is 0 Å². The van der Waals surface area contributed by atoms with Crippen LogP contribution in [0.1, 0.15) is 29.8 Å². The lowest BCUT2D eigenvalue weighted by Crippen LogP contribution is -2.12. The van der Waals surface area contributed by atoms with E-state index in [4.69, 9.17) is 5.14 Å². The normalized spacial score (nSPS) is 13.2. The van der Waals surface area contributed by atoms with Crippen LogP contribution in [-0.2, 0) is 16.4 Å². The molecule has 3 N–H and O–H groups in total. The van der Waals surface area contributed by atoms with Crippen LogP contribution in [0.4, 0.5) is 5.69 Å². The number of thiazole rings is 1. The van der Waals surface area contributed by atoms with Crippen molar-refractivity contribution in [3.05, 3.63) is 40.3 Å². The van der Waals surface area contributed by atoms with Crippen molar-refractivity contribution in [1.82, 2.24) is 4.98 Å². The van der Waals surface area contributed by atoms with Crippen molar-refractivity contribution in [2.45, 2.75) is 31.2 Å². The first-order valence-corrected chi connectivity index (χ1v) is 8.60. The van der Waals surface area contributed by atoms with E-state index >= 15 is 0 Å². The Morgan fingerprint density at radius 1 is 1.35 bits per heavy atom. The monoisotopic (exact) mass is 311 g/mol. The van der Waals surface area contributed by atoms with E-state index in [1.807, 2.05) is 13.1 Å². The third-order valence-corrected chi connectivity index (χ3v) is 5.11. The van der Waals surface area contributed by atoms with Crippen molar-refractivity contribution in [2.24, 2.45) is 5.14 Å². The summed E-state index contributed by atoms with van der Waals surface area (Å²) in [6, 6.07) is 6.45. The molecule has 0 aliphatic heterocycles. The van der Waals surface area contributed by atoms with E-state index in [1.54, 1.807) is 23.5 Å². The third kappa shape index (κ3) is 3.56. The summed E-state index contributed by atoms with van der Waals surface area (Å²) in [4.78, 5) is 5.74. The summed E-state index contributed by atoms with van der Waals surface area (Å²) in [5, 5.41) is 9.36. The summed E-state index contributed by atoms with van der Waals surface area (Å²) in [5.74, 6) is 0. The number of nitrogens with one attached hydrogen (secondary N) is 1. The van der Waals surface area contributed by atoms with Crippen molar-refractivity contribution in [3.63, 3.8) is 0 Å². The number of benzene rings is 1. The standard InChI is InChI=1S/C13H17N3O2S2/c1-3-11-8-15-13(19-11)9(2)16-10-4-6-12(7-5-10)20(14,17)18/h4-9,16H,3H2,1-2H3,(H2,14,17,18). The Kier molecular flexibility index (Phi) is 4.42. The maximum Gasteiger partial charge on any atom is 0.238 e. The van der Waals surface area contributed by atoms with Gasteiger partial charge in [0.2, 0.25) is 10.0 Å². The van der Waals surface area contributed by atoms with Crippen LogP contribution in [0.2, 0.25) is 0 Å². The lowest BCUT2D eigenvalue weighted by atomic mass is 10.3. The van der Waals surface area contributed by atoms with E-state index < -0.39 is 10.0 Å². The van der Waals surface area contributed by atoms with Crippen LogP contribution >= 0.6 is 11.3 Å². The predicted molar refractivity (Wildman–Crippen MR) is 81.3 cm³/mol. The lowest BCUT2D eigenvalue weighted by Gasteiger charge is -2.12. The fourth-order valence-corrected chi connectivity index (χ4v) is 3.11. The van der Waals surface area contributed by atoms with E-state index in [-0.39, 0.29) is 10.9 Å². The number of nitrogens with two attached hydrogens (primary N) is 1. The summed E-state index contributed by atoms with van der Waals surface area (Å²) in [7, 11) is -3.64. The zero-order valence-electron chi connectivity index (χ0n) is 11.3. The quantitative estimate of drug-likeness (QED) is 0.888. The van der Waals surface area contributed by atoms with Crippen LogP contribution < -0.4 is 10.5 Å². The maximum atomic E-state index is 11.2. The van der Waals surface area contributed by atoms with E-state index in [0.717, 1.165) is 17.1 Å². The molecule has 0 bridgehead atoms. The molecule has 0 spiro atoms. The second-order valence-corrected chi connectivity index (χ2v) is 7.16. The Morgan fingerprint density at radius 3 is 2.50 bits per heavy atom. The zero-order valence-corrected chi connectivity index (χ0v) is 13.0. The highest BCUT2D eigenvalue weighted by Gasteiger charge is 2.11. The van der Waals surface area contributed by atoms with Crippen LogP contribution in [-0.4, -0.2) is 13.4 Å². The maximum absolute atomic E-state index is 11.2. The SMILES string of the molecule is CCc1cnc(C(C)Nc2ccc(S(N)(=O)=O)cc2)s1. The molecule has 1 heterocycles. The summed E-state index contributed by atoms with van der Waals surface area (Å²) >= 11 is 1.68. The number of aryl methyl sites for hydroxylation is 1. The van der Waals surface area contributed by atoms with Gasteiger partial charge in [-0.05, 0) is 37.6 Å². The van der Waals surface area contributed by atoms with Crippen molar-refractivity contribution < 1.29 is 8.42 Å². The summed E-state index contributed by atoms with van der Waals surface area (Å²) in [6.07, 6.45) is 2.87. The summed E-state index contributed by atoms with van der Waals surface area (Å²) in [6.45, 7) is 4.12. The Balaban J connectivity index is 2.10. The zero-order chi connectivity index (χ0) is 14.8. The minimum absolute atomic E-state index is 0.0700. The second kappa shape index (κ2) is 5.90. The Hall–Kier alpha value is -1.44. The minimum atomic E-state index is -3.64. The second-order valence-electron chi connectivity index (χ2n) is 4.45. The topological polar surface area (TPSA) is 85.1 Å². The van der Waals surface area contributed by atoms with Crippen molar-refractivity contribution in [3.8, 4) is 0 Å². The molecule has 0 saturated carbocycles. The number of nitrogens with zero attached hydrogens (tertiary/aromatic N) is 1. The van der Waals surface area contributed by atoms with Gasteiger partial charge in [0, 0.05) is 16.8 Å². The Bertz CT molecular complexity index is 678. The molecule has 2 aromatic rings. The average molecular weight is 311 g/mol. The number of aromatic nitrogens is 1. The average Bonchev–Trinajstić information content (AvgIpc) is 2.87. The lowest BCUT2D eigenvalue weighted by molar-refractivity contribution is 0.598. The van der Waals surface area contributed by atoms with Gasteiger partial charge in [-0.1, -0.05) is 6.92 Å². The molecular weight excluding hydrogens is 294 g/mol. The van der Waals surface area contributed by atoms with Gasteiger partial charge in [0.1, 0.15) is 5.01 Å². The Labute approximate surface area is 122 Å². The Morgan fingerprint density at radius 2 is 2.00 bits per heavy atom. The number of rotatable bonds is 5. The third-order valence-electron chi connectivity index (χ3n) is 2.86. The minimum Gasteiger partial charge on any atom is -0.376 e. The molecule has 1 aromatic carbocycles. The molecule has 7 heteroatoms. The summed E-state index contributed by atoms with van der Waals surface area (Å²) in [5.41, 5.74) is 0.832. The molecule has 0 radical (unpaired) electrons. The van der Waals surface area contributed by atoms with Gasteiger partial charge >= 0.3 is 0 Å². The number of sulfonamides is 1. The first kappa shape index (κ1) is 15.0.